The summed E-state index contributed by atoms with van der Waals surface area (Å²) in [6.45, 7) is 0. The summed E-state index contributed by atoms with van der Waals surface area (Å²) in [7, 11) is 0. The van der Waals surface area contributed by atoms with Crippen molar-refractivity contribution in [3.05, 3.63) is 44.0 Å². The Balaban J connectivity index is 3.39. The van der Waals surface area contributed by atoms with Gasteiger partial charge in [-0.25, -0.2) is 4.79 Å². The van der Waals surface area contributed by atoms with Crippen LogP contribution >= 0.6 is 0 Å². The number of nitro benzene ring substituents is 2. The predicted molar refractivity (Wildman–Crippen MR) is 49.9 cm³/mol. The first-order chi connectivity index (χ1) is 7.06. The molecule has 1 rings (SSSR count). The van der Waals surface area contributed by atoms with E-state index < -0.39 is 21.2 Å². The Morgan fingerprint density at radius 2 is 1.87 bits per heavy atom. The minimum atomic E-state index is -0.795. The lowest BCUT2D eigenvalue weighted by molar-refractivity contribution is -0.394. The number of hydrogen-bond acceptors (Lipinski definition) is 5. The topological polar surface area (TPSA) is 103 Å². The Morgan fingerprint density at radius 1 is 1.20 bits per heavy atom. The fourth-order valence-electron chi connectivity index (χ4n) is 0.989. The van der Waals surface area contributed by atoms with Crippen molar-refractivity contribution < 1.29 is 14.6 Å². The summed E-state index contributed by atoms with van der Waals surface area (Å²) in [5.41, 5.74) is -0.905. The summed E-state index contributed by atoms with van der Waals surface area (Å²) in [6, 6.07) is 3.00. The van der Waals surface area contributed by atoms with Gasteiger partial charge in [-0.3, -0.25) is 20.2 Å². The van der Waals surface area contributed by atoms with Crippen molar-refractivity contribution in [2.24, 2.45) is 0 Å². The van der Waals surface area contributed by atoms with Crippen LogP contribution in [-0.2, 0) is 4.79 Å². The molecular formula is C8H4N2O5. The third kappa shape index (κ3) is 2.23. The normalized spacial score (nSPS) is 9.07. The zero-order chi connectivity index (χ0) is 11.4. The largest absolute Gasteiger partial charge is 0.284 e. The second-order valence-corrected chi connectivity index (χ2v) is 2.52. The van der Waals surface area contributed by atoms with Gasteiger partial charge in [-0.1, -0.05) is 0 Å². The minimum Gasteiger partial charge on any atom is -0.258 e. The van der Waals surface area contributed by atoms with Crippen LogP contribution in [0.25, 0.3) is 6.08 Å². The Hall–Kier alpha value is -2.53. The average molecular weight is 208 g/mol. The van der Waals surface area contributed by atoms with E-state index in [2.05, 4.69) is 0 Å². The van der Waals surface area contributed by atoms with E-state index in [1.165, 1.54) is 5.94 Å². The van der Waals surface area contributed by atoms with Gasteiger partial charge < -0.3 is 0 Å². The molecule has 0 N–H and O–H groups in total. The maximum atomic E-state index is 10.5. The molecule has 0 aliphatic carbocycles. The lowest BCUT2D eigenvalue weighted by Crippen LogP contribution is -1.94. The molecule has 0 aliphatic heterocycles. The zero-order valence-corrected chi connectivity index (χ0v) is 7.25. The molecule has 0 heterocycles. The molecule has 0 radical (unpaired) electrons. The van der Waals surface area contributed by atoms with Crippen molar-refractivity contribution in [1.82, 2.24) is 0 Å². The van der Waals surface area contributed by atoms with E-state index >= 15 is 0 Å². The maximum Gasteiger partial charge on any atom is 0.284 e. The molecular weight excluding hydrogens is 204 g/mol. The van der Waals surface area contributed by atoms with Crippen LogP contribution < -0.4 is 0 Å². The van der Waals surface area contributed by atoms with Crippen LogP contribution in [-0.4, -0.2) is 15.8 Å². The molecule has 0 aliphatic rings. The molecule has 0 bridgehead atoms. The number of nitro groups is 2. The van der Waals surface area contributed by atoms with Crippen LogP contribution in [0.1, 0.15) is 5.56 Å². The monoisotopic (exact) mass is 208 g/mol. The van der Waals surface area contributed by atoms with Gasteiger partial charge in [-0.05, 0) is 6.07 Å². The van der Waals surface area contributed by atoms with Gasteiger partial charge in [0.25, 0.3) is 11.4 Å². The highest BCUT2D eigenvalue weighted by molar-refractivity contribution is 5.79. The van der Waals surface area contributed by atoms with E-state index in [9.17, 15) is 25.0 Å². The zero-order valence-electron chi connectivity index (χ0n) is 7.25. The summed E-state index contributed by atoms with van der Waals surface area (Å²) in [5, 5.41) is 20.8. The Labute approximate surface area is 82.9 Å². The SMILES string of the molecule is O=C=Cc1ccc([N+](=O)[O-])cc1[N+](=O)[O-]. The van der Waals surface area contributed by atoms with Crippen molar-refractivity contribution >= 4 is 23.4 Å². The van der Waals surface area contributed by atoms with Gasteiger partial charge in [0, 0.05) is 12.1 Å². The van der Waals surface area contributed by atoms with Gasteiger partial charge in [0.1, 0.15) is 5.94 Å². The van der Waals surface area contributed by atoms with Crippen molar-refractivity contribution in [3.63, 3.8) is 0 Å². The van der Waals surface area contributed by atoms with Crippen LogP contribution in [0, 0.1) is 20.2 Å². The van der Waals surface area contributed by atoms with Crippen molar-refractivity contribution in [2.75, 3.05) is 0 Å². The molecule has 0 aromatic heterocycles. The van der Waals surface area contributed by atoms with Gasteiger partial charge in [0.2, 0.25) is 0 Å². The Morgan fingerprint density at radius 3 is 2.33 bits per heavy atom. The molecule has 1 aromatic rings. The molecule has 7 nitrogen and oxygen atoms in total. The number of hydrogen-bond donors (Lipinski definition) is 0. The van der Waals surface area contributed by atoms with E-state index in [0.717, 1.165) is 24.3 Å². The summed E-state index contributed by atoms with van der Waals surface area (Å²) in [5.74, 6) is 1.38. The van der Waals surface area contributed by atoms with Gasteiger partial charge in [0.05, 0.1) is 21.5 Å². The Kier molecular flexibility index (Phi) is 2.90. The number of non-ortho nitro benzene ring substituents is 1. The van der Waals surface area contributed by atoms with E-state index in [1.807, 2.05) is 0 Å². The fourth-order valence-corrected chi connectivity index (χ4v) is 0.989. The number of benzene rings is 1. The van der Waals surface area contributed by atoms with Crippen LogP contribution in [0.2, 0.25) is 0 Å². The summed E-state index contributed by atoms with van der Waals surface area (Å²) in [6.07, 6.45) is 0.849. The summed E-state index contributed by atoms with van der Waals surface area (Å²) < 4.78 is 0. The predicted octanol–water partition coefficient (Wildman–Crippen LogP) is 1.35. The lowest BCUT2D eigenvalue weighted by Gasteiger charge is -1.95. The lowest BCUT2D eigenvalue weighted by atomic mass is 10.1. The standard InChI is InChI=1S/C8H4N2O5/c11-4-3-6-1-2-7(9(12)13)5-8(6)10(14)15/h1-3,5H. The van der Waals surface area contributed by atoms with Gasteiger partial charge >= 0.3 is 0 Å². The van der Waals surface area contributed by atoms with Crippen molar-refractivity contribution in [1.29, 1.82) is 0 Å². The molecule has 7 heteroatoms. The fraction of sp³-hybridized carbons (Fsp3) is 0. The highest BCUT2D eigenvalue weighted by atomic mass is 16.6. The smallest absolute Gasteiger partial charge is 0.258 e. The molecule has 0 saturated heterocycles. The van der Waals surface area contributed by atoms with Gasteiger partial charge in [-0.15, -0.1) is 0 Å². The summed E-state index contributed by atoms with van der Waals surface area (Å²) in [4.78, 5) is 29.3. The van der Waals surface area contributed by atoms with E-state index in [4.69, 9.17) is 0 Å². The van der Waals surface area contributed by atoms with Gasteiger partial charge in [0.15, 0.2) is 0 Å². The van der Waals surface area contributed by atoms with Crippen LogP contribution in [0.3, 0.4) is 0 Å². The minimum absolute atomic E-state index is 0.0133. The average Bonchev–Trinajstić information content (AvgIpc) is 2.18. The molecule has 0 amide bonds. The molecule has 0 atom stereocenters. The highest BCUT2D eigenvalue weighted by Gasteiger charge is 2.17. The van der Waals surface area contributed by atoms with E-state index in [-0.39, 0.29) is 5.56 Å². The van der Waals surface area contributed by atoms with Crippen LogP contribution in [0.15, 0.2) is 18.2 Å². The second kappa shape index (κ2) is 4.12. The first-order valence-electron chi connectivity index (χ1n) is 3.70. The third-order valence-corrected chi connectivity index (χ3v) is 1.64. The molecule has 0 spiro atoms. The first-order valence-corrected chi connectivity index (χ1v) is 3.70. The Bertz CT molecular complexity index is 476. The van der Waals surface area contributed by atoms with Crippen molar-refractivity contribution in [3.8, 4) is 0 Å². The molecule has 15 heavy (non-hydrogen) atoms. The number of rotatable bonds is 3. The maximum absolute atomic E-state index is 10.5. The number of carbonyl (C=O) groups excluding carboxylic acids is 1. The van der Waals surface area contributed by atoms with Crippen molar-refractivity contribution in [2.45, 2.75) is 0 Å². The number of nitrogens with zero attached hydrogens (tertiary/aromatic N) is 2. The van der Waals surface area contributed by atoms with Gasteiger partial charge in [-0.2, -0.15) is 0 Å². The first kappa shape index (κ1) is 10.6. The third-order valence-electron chi connectivity index (χ3n) is 1.64. The molecule has 0 unspecified atom stereocenters. The highest BCUT2D eigenvalue weighted by Crippen LogP contribution is 2.24. The molecule has 0 saturated carbocycles. The molecule has 1 aromatic carbocycles. The molecule has 0 fully saturated rings. The summed E-state index contributed by atoms with van der Waals surface area (Å²) >= 11 is 0. The van der Waals surface area contributed by atoms with Crippen LogP contribution in [0.4, 0.5) is 11.4 Å². The molecule has 76 valence electrons. The second-order valence-electron chi connectivity index (χ2n) is 2.52. The van der Waals surface area contributed by atoms with E-state index in [1.54, 1.807) is 0 Å². The van der Waals surface area contributed by atoms with E-state index in [0.29, 0.717) is 0 Å². The van der Waals surface area contributed by atoms with Crippen LogP contribution in [0.5, 0.6) is 0 Å². The quantitative estimate of drug-likeness (QED) is 0.423.